The molecule has 3 aromatic rings. The third-order valence-corrected chi connectivity index (χ3v) is 6.01. The number of likely N-dealkylation sites (tertiary alicyclic amines) is 1. The summed E-state index contributed by atoms with van der Waals surface area (Å²) in [6, 6.07) is 6.37. The van der Waals surface area contributed by atoms with Crippen LogP contribution in [0.15, 0.2) is 28.8 Å². The number of amides is 1. The van der Waals surface area contributed by atoms with Gasteiger partial charge in [0.15, 0.2) is 0 Å². The lowest BCUT2D eigenvalue weighted by atomic mass is 9.94. The van der Waals surface area contributed by atoms with E-state index in [1.807, 2.05) is 18.7 Å². The summed E-state index contributed by atoms with van der Waals surface area (Å²) in [5.74, 6) is 0.640. The molecular weight excluding hydrogens is 379 g/mol. The molecule has 28 heavy (non-hydrogen) atoms. The predicted molar refractivity (Wildman–Crippen MR) is 104 cm³/mol. The van der Waals surface area contributed by atoms with E-state index in [-0.39, 0.29) is 23.5 Å². The molecular formula is C20H21FN4O2S. The second-order valence-electron chi connectivity index (χ2n) is 7.10. The molecule has 4 rings (SSSR count). The summed E-state index contributed by atoms with van der Waals surface area (Å²) in [4.78, 5) is 24.2. The van der Waals surface area contributed by atoms with Gasteiger partial charge in [0.05, 0.1) is 16.3 Å². The third-order valence-electron chi connectivity index (χ3n) is 4.95. The maximum absolute atomic E-state index is 13.9. The number of aryl methyl sites for hydroxylation is 2. The molecule has 6 nitrogen and oxygen atoms in total. The summed E-state index contributed by atoms with van der Waals surface area (Å²) in [6.07, 6.45) is 2.50. The van der Waals surface area contributed by atoms with E-state index in [2.05, 4.69) is 15.1 Å². The number of piperidine rings is 1. The van der Waals surface area contributed by atoms with Gasteiger partial charge >= 0.3 is 0 Å². The molecule has 0 saturated carbocycles. The van der Waals surface area contributed by atoms with Crippen molar-refractivity contribution in [1.29, 1.82) is 0 Å². The van der Waals surface area contributed by atoms with Crippen LogP contribution in [0.2, 0.25) is 0 Å². The summed E-state index contributed by atoms with van der Waals surface area (Å²) in [6.45, 7) is 5.18. The van der Waals surface area contributed by atoms with E-state index in [9.17, 15) is 9.18 Å². The average Bonchev–Trinajstić information content (AvgIpc) is 3.27. The molecule has 0 radical (unpaired) electrons. The molecule has 0 bridgehead atoms. The van der Waals surface area contributed by atoms with E-state index in [1.165, 1.54) is 17.4 Å². The number of thiazole rings is 1. The van der Waals surface area contributed by atoms with Gasteiger partial charge in [-0.3, -0.25) is 4.79 Å². The van der Waals surface area contributed by atoms with Crippen LogP contribution in [0, 0.1) is 25.6 Å². The lowest BCUT2D eigenvalue weighted by molar-refractivity contribution is 0.0672. The van der Waals surface area contributed by atoms with Crippen molar-refractivity contribution in [1.82, 2.24) is 20.0 Å². The maximum atomic E-state index is 13.9. The Balaban J connectivity index is 1.44. The molecule has 1 aliphatic heterocycles. The number of hydrogen-bond acceptors (Lipinski definition) is 6. The van der Waals surface area contributed by atoms with Crippen LogP contribution in [-0.4, -0.2) is 39.0 Å². The predicted octanol–water partition coefficient (Wildman–Crippen LogP) is 4.04. The summed E-state index contributed by atoms with van der Waals surface area (Å²) in [7, 11) is 0. The Bertz CT molecular complexity index is 1000. The first-order valence-corrected chi connectivity index (χ1v) is 10.1. The Labute approximate surface area is 166 Å². The highest BCUT2D eigenvalue weighted by Gasteiger charge is 2.28. The smallest absolute Gasteiger partial charge is 0.265 e. The molecule has 3 heterocycles. The summed E-state index contributed by atoms with van der Waals surface area (Å²) >= 11 is 1.44. The quantitative estimate of drug-likeness (QED) is 0.661. The van der Waals surface area contributed by atoms with Gasteiger partial charge in [-0.25, -0.2) is 9.37 Å². The van der Waals surface area contributed by atoms with Crippen LogP contribution in [-0.2, 0) is 6.42 Å². The molecule has 1 unspecified atom stereocenters. The standard InChI is InChI=1S/C20H21FN4O2S/c1-12-18(28-13(2)22-12)20(26)25-9-5-6-14(11-25)10-17-23-19(24-27-17)15-7-3-4-8-16(15)21/h3-4,7-8,14H,5-6,9-11H2,1-2H3. The second kappa shape index (κ2) is 7.79. The molecule has 1 aliphatic rings. The Morgan fingerprint density at radius 3 is 2.89 bits per heavy atom. The molecule has 1 saturated heterocycles. The number of rotatable bonds is 4. The Hall–Kier alpha value is -2.61. The van der Waals surface area contributed by atoms with Crippen LogP contribution in [0.25, 0.3) is 11.4 Å². The van der Waals surface area contributed by atoms with Crippen molar-refractivity contribution in [2.75, 3.05) is 13.1 Å². The Morgan fingerprint density at radius 2 is 2.14 bits per heavy atom. The van der Waals surface area contributed by atoms with Crippen LogP contribution < -0.4 is 0 Å². The first-order valence-electron chi connectivity index (χ1n) is 9.32. The van der Waals surface area contributed by atoms with Crippen LogP contribution in [0.3, 0.4) is 0 Å². The number of carbonyl (C=O) groups excluding carboxylic acids is 1. The van der Waals surface area contributed by atoms with Gasteiger partial charge in [-0.15, -0.1) is 11.3 Å². The van der Waals surface area contributed by atoms with Crippen molar-refractivity contribution in [3.05, 3.63) is 51.6 Å². The Kier molecular flexibility index (Phi) is 5.21. The van der Waals surface area contributed by atoms with Crippen molar-refractivity contribution in [2.24, 2.45) is 5.92 Å². The van der Waals surface area contributed by atoms with Crippen LogP contribution in [0.5, 0.6) is 0 Å². The van der Waals surface area contributed by atoms with E-state index in [0.29, 0.717) is 24.4 Å². The molecule has 1 fully saturated rings. The number of carbonyl (C=O) groups is 1. The largest absolute Gasteiger partial charge is 0.339 e. The molecule has 2 aromatic heterocycles. The van der Waals surface area contributed by atoms with Gasteiger partial charge in [0.1, 0.15) is 10.7 Å². The van der Waals surface area contributed by atoms with Gasteiger partial charge in [0, 0.05) is 19.5 Å². The molecule has 0 spiro atoms. The fraction of sp³-hybridized carbons (Fsp3) is 0.400. The fourth-order valence-corrected chi connectivity index (χ4v) is 4.51. The SMILES string of the molecule is Cc1nc(C)c(C(=O)N2CCCC(Cc3nc(-c4ccccc4F)no3)C2)s1. The minimum absolute atomic E-state index is 0.0466. The molecule has 146 valence electrons. The number of hydrogen-bond donors (Lipinski definition) is 0. The molecule has 8 heteroatoms. The van der Waals surface area contributed by atoms with Gasteiger partial charge in [0.25, 0.3) is 5.91 Å². The fourth-order valence-electron chi connectivity index (χ4n) is 3.63. The topological polar surface area (TPSA) is 72.1 Å². The van der Waals surface area contributed by atoms with Gasteiger partial charge < -0.3 is 9.42 Å². The lowest BCUT2D eigenvalue weighted by Gasteiger charge is -2.32. The van der Waals surface area contributed by atoms with Crippen molar-refractivity contribution >= 4 is 17.2 Å². The van der Waals surface area contributed by atoms with E-state index in [4.69, 9.17) is 4.52 Å². The minimum atomic E-state index is -0.375. The van der Waals surface area contributed by atoms with Gasteiger partial charge in [-0.1, -0.05) is 17.3 Å². The van der Waals surface area contributed by atoms with E-state index < -0.39 is 0 Å². The first kappa shape index (κ1) is 18.7. The lowest BCUT2D eigenvalue weighted by Crippen LogP contribution is -2.40. The molecule has 1 atom stereocenters. The zero-order valence-electron chi connectivity index (χ0n) is 15.8. The highest BCUT2D eigenvalue weighted by molar-refractivity contribution is 7.13. The second-order valence-corrected chi connectivity index (χ2v) is 8.31. The maximum Gasteiger partial charge on any atom is 0.265 e. The summed E-state index contributed by atoms with van der Waals surface area (Å²) < 4.78 is 19.2. The molecule has 1 amide bonds. The van der Waals surface area contributed by atoms with Gasteiger partial charge in [-0.05, 0) is 44.7 Å². The first-order chi connectivity index (χ1) is 13.5. The zero-order valence-corrected chi connectivity index (χ0v) is 16.6. The number of nitrogens with zero attached hydrogens (tertiary/aromatic N) is 4. The van der Waals surface area contributed by atoms with Crippen LogP contribution in [0.4, 0.5) is 4.39 Å². The van der Waals surface area contributed by atoms with Gasteiger partial charge in [-0.2, -0.15) is 4.98 Å². The zero-order chi connectivity index (χ0) is 19.7. The van der Waals surface area contributed by atoms with Gasteiger partial charge in [0.2, 0.25) is 11.7 Å². The molecule has 0 aliphatic carbocycles. The number of halogens is 1. The van der Waals surface area contributed by atoms with Crippen molar-refractivity contribution in [3.63, 3.8) is 0 Å². The van der Waals surface area contributed by atoms with Crippen molar-refractivity contribution < 1.29 is 13.7 Å². The van der Waals surface area contributed by atoms with Crippen LogP contribution in [0.1, 0.15) is 39.1 Å². The average molecular weight is 400 g/mol. The van der Waals surface area contributed by atoms with E-state index >= 15 is 0 Å². The Morgan fingerprint density at radius 1 is 1.32 bits per heavy atom. The summed E-state index contributed by atoms with van der Waals surface area (Å²) in [5, 5.41) is 4.82. The minimum Gasteiger partial charge on any atom is -0.339 e. The van der Waals surface area contributed by atoms with E-state index in [1.54, 1.807) is 18.2 Å². The van der Waals surface area contributed by atoms with Crippen LogP contribution >= 0.6 is 11.3 Å². The number of benzene rings is 1. The number of aromatic nitrogens is 3. The van der Waals surface area contributed by atoms with Crippen molar-refractivity contribution in [3.8, 4) is 11.4 Å². The highest BCUT2D eigenvalue weighted by atomic mass is 32.1. The molecule has 1 aromatic carbocycles. The normalized spacial score (nSPS) is 17.1. The summed E-state index contributed by atoms with van der Waals surface area (Å²) in [5.41, 5.74) is 1.12. The molecule has 0 N–H and O–H groups in total. The highest BCUT2D eigenvalue weighted by Crippen LogP contribution is 2.26. The third kappa shape index (κ3) is 3.82. The van der Waals surface area contributed by atoms with Crippen molar-refractivity contribution in [2.45, 2.75) is 33.1 Å². The van der Waals surface area contributed by atoms with E-state index in [0.717, 1.165) is 35.0 Å². The monoisotopic (exact) mass is 400 g/mol.